The molecule has 53 heavy (non-hydrogen) atoms. The third-order valence-electron chi connectivity index (χ3n) is 9.82. The summed E-state index contributed by atoms with van der Waals surface area (Å²) in [6.07, 6.45) is 1.17. The van der Waals surface area contributed by atoms with Gasteiger partial charge in [-0.1, -0.05) is 61.5 Å². The van der Waals surface area contributed by atoms with Crippen LogP contribution in [0.25, 0.3) is 0 Å². The summed E-state index contributed by atoms with van der Waals surface area (Å²) in [5, 5.41) is 43.7. The number of carboxylic acid groups (broad SMARTS) is 1. The van der Waals surface area contributed by atoms with E-state index in [0.29, 0.717) is 23.4 Å². The molecule has 3 aliphatic heterocycles. The highest BCUT2D eigenvalue weighted by Crippen LogP contribution is 2.29. The lowest BCUT2D eigenvalue weighted by Crippen LogP contribution is -2.60. The van der Waals surface area contributed by atoms with Crippen LogP contribution in [0, 0.1) is 5.92 Å². The maximum atomic E-state index is 14.3. The molecule has 0 saturated carbocycles. The number of aryl methyl sites for hydroxylation is 1. The molecular formula is C37H49N9O7. The Morgan fingerprint density at radius 3 is 2.36 bits per heavy atom. The van der Waals surface area contributed by atoms with Crippen LogP contribution in [0.5, 0.6) is 0 Å². The normalized spacial score (nSPS) is 23.0. The predicted octanol–water partition coefficient (Wildman–Crippen LogP) is 0.385. The summed E-state index contributed by atoms with van der Waals surface area (Å²) in [4.78, 5) is 69.2. The molecule has 7 N–H and O–H groups in total. The Balaban J connectivity index is 1.51. The molecule has 16 nitrogen and oxygen atoms in total. The molecule has 16 heteroatoms. The number of carboxylic acids is 1. The Hall–Kier alpha value is -5.19. The van der Waals surface area contributed by atoms with Gasteiger partial charge >= 0.3 is 5.97 Å². The number of aliphatic hydroxyl groups excluding tert-OH is 1. The van der Waals surface area contributed by atoms with Gasteiger partial charge in [0.05, 0.1) is 17.8 Å². The first-order chi connectivity index (χ1) is 25.3. The van der Waals surface area contributed by atoms with Crippen LogP contribution in [0.4, 0.5) is 5.69 Å². The fourth-order valence-corrected chi connectivity index (χ4v) is 6.54. The van der Waals surface area contributed by atoms with E-state index >= 15 is 0 Å². The highest BCUT2D eigenvalue weighted by molar-refractivity contribution is 5.95. The van der Waals surface area contributed by atoms with Crippen LogP contribution in [-0.4, -0.2) is 110 Å². The summed E-state index contributed by atoms with van der Waals surface area (Å²) >= 11 is 0. The van der Waals surface area contributed by atoms with E-state index in [1.807, 2.05) is 19.9 Å². The van der Waals surface area contributed by atoms with E-state index in [-0.39, 0.29) is 50.1 Å². The van der Waals surface area contributed by atoms with Crippen LogP contribution >= 0.6 is 0 Å². The lowest BCUT2D eigenvalue weighted by atomic mass is 10.0. The minimum Gasteiger partial charge on any atom is -0.480 e. The van der Waals surface area contributed by atoms with E-state index in [4.69, 9.17) is 0 Å². The summed E-state index contributed by atoms with van der Waals surface area (Å²) in [6, 6.07) is 10.4. The lowest BCUT2D eigenvalue weighted by molar-refractivity contribution is -0.143. The van der Waals surface area contributed by atoms with Crippen molar-refractivity contribution in [1.29, 1.82) is 0 Å². The van der Waals surface area contributed by atoms with Crippen molar-refractivity contribution in [3.05, 3.63) is 77.6 Å². The molecule has 7 atom stereocenters. The van der Waals surface area contributed by atoms with Crippen molar-refractivity contribution in [2.45, 2.75) is 95.4 Å². The summed E-state index contributed by atoms with van der Waals surface area (Å²) in [5.41, 5.74) is 2.42. The number of aromatic nitrogens is 3. The highest BCUT2D eigenvalue weighted by atomic mass is 16.4. The number of hydrogen-bond donors (Lipinski definition) is 7. The number of nitrogens with zero attached hydrogens (tertiary/aromatic N) is 4. The molecule has 0 radical (unpaired) electrons. The van der Waals surface area contributed by atoms with Gasteiger partial charge in [0, 0.05) is 56.6 Å². The third kappa shape index (κ3) is 10.0. The Bertz CT molecular complexity index is 1750. The zero-order valence-electron chi connectivity index (χ0n) is 30.4. The van der Waals surface area contributed by atoms with Gasteiger partial charge in [-0.3, -0.25) is 24.5 Å². The number of anilines is 1. The quantitative estimate of drug-likeness (QED) is 0.149. The van der Waals surface area contributed by atoms with Crippen LogP contribution in [0.2, 0.25) is 0 Å². The van der Waals surface area contributed by atoms with Gasteiger partial charge in [0.1, 0.15) is 24.4 Å². The first kappa shape index (κ1) is 39.0. The zero-order chi connectivity index (χ0) is 38.2. The molecule has 1 saturated heterocycles. The minimum atomic E-state index is -1.33. The Morgan fingerprint density at radius 2 is 1.70 bits per heavy atom. The summed E-state index contributed by atoms with van der Waals surface area (Å²) in [5.74, 6) is -3.52. The second-order valence-electron chi connectivity index (χ2n) is 14.1. The van der Waals surface area contributed by atoms with Crippen LogP contribution in [0.1, 0.15) is 56.5 Å². The number of carbonyl (C=O) groups excluding carboxylic acids is 4. The van der Waals surface area contributed by atoms with Crippen LogP contribution in [-0.2, 0) is 43.2 Å². The molecule has 1 fully saturated rings. The molecule has 4 heterocycles. The van der Waals surface area contributed by atoms with Gasteiger partial charge in [-0.2, -0.15) is 0 Å². The standard InChI is InChI=1S/C37H49N9O7/c1-21(2)32(42-33(48)22(3)38-4)36(51)45-20-27-18-30(45)35(50)40-28(16-23-8-6-5-7-9-23)34(49)41-29(37(52)53)17-24-10-12-25(13-11-24)39-31(47)15-14-26-19-46(27)44-43-26/h5-13,19,21-22,27-30,32-33,38,42,48H,14-18,20H2,1-4H3,(H,39,47)(H,40,50)(H,41,49)(H,52,53). The smallest absolute Gasteiger partial charge is 0.326 e. The lowest BCUT2D eigenvalue weighted by Gasteiger charge is -2.33. The van der Waals surface area contributed by atoms with Gasteiger partial charge < -0.3 is 36.4 Å². The van der Waals surface area contributed by atoms with Gasteiger partial charge in [0.2, 0.25) is 23.6 Å². The molecule has 6 rings (SSSR count). The Kier molecular flexibility index (Phi) is 12.9. The van der Waals surface area contributed by atoms with Crippen LogP contribution < -0.4 is 26.6 Å². The average Bonchev–Trinajstić information content (AvgIpc) is 3.80. The molecule has 4 amide bonds. The monoisotopic (exact) mass is 731 g/mol. The second-order valence-corrected chi connectivity index (χ2v) is 14.1. The van der Waals surface area contributed by atoms with E-state index in [9.17, 15) is 34.2 Å². The fourth-order valence-electron chi connectivity index (χ4n) is 6.54. The number of rotatable bonds is 9. The van der Waals surface area contributed by atoms with Crippen molar-refractivity contribution in [1.82, 2.24) is 41.2 Å². The Labute approximate surface area is 308 Å². The van der Waals surface area contributed by atoms with E-state index in [1.165, 1.54) is 4.90 Å². The average molecular weight is 732 g/mol. The third-order valence-corrected chi connectivity index (χ3v) is 9.82. The van der Waals surface area contributed by atoms with Crippen molar-refractivity contribution in [2.24, 2.45) is 5.92 Å². The first-order valence-electron chi connectivity index (χ1n) is 17.9. The van der Waals surface area contributed by atoms with Crippen LogP contribution in [0.15, 0.2) is 60.8 Å². The van der Waals surface area contributed by atoms with Crippen molar-refractivity contribution < 1.29 is 34.2 Å². The number of nitrogens with one attached hydrogen (secondary N) is 5. The van der Waals surface area contributed by atoms with Gasteiger partial charge in [-0.05, 0) is 43.1 Å². The van der Waals surface area contributed by atoms with Crippen LogP contribution in [0.3, 0.4) is 0 Å². The SMILES string of the molecule is CNC(C)C(O)NC(C(=O)N1CC2CC1C(=O)NC(Cc1ccccc1)C(=O)NC(C(=O)O)Cc1ccc(cc1)NC(=O)CCc1cn2nn1)C(C)C. The van der Waals surface area contributed by atoms with E-state index in [2.05, 4.69) is 36.9 Å². The van der Waals surface area contributed by atoms with Gasteiger partial charge in [0.25, 0.3) is 0 Å². The van der Waals surface area contributed by atoms with Crippen molar-refractivity contribution in [2.75, 3.05) is 18.9 Å². The zero-order valence-corrected chi connectivity index (χ0v) is 30.4. The number of amides is 4. The van der Waals surface area contributed by atoms with Crippen molar-refractivity contribution in [3.63, 3.8) is 0 Å². The van der Waals surface area contributed by atoms with Crippen molar-refractivity contribution >= 4 is 35.3 Å². The molecule has 1 aromatic heterocycles. The maximum Gasteiger partial charge on any atom is 0.326 e. The van der Waals surface area contributed by atoms with Gasteiger partial charge in [-0.25, -0.2) is 9.48 Å². The molecule has 0 spiro atoms. The number of aliphatic hydroxyl groups is 1. The summed E-state index contributed by atoms with van der Waals surface area (Å²) < 4.78 is 1.59. The maximum absolute atomic E-state index is 14.3. The molecule has 0 aliphatic carbocycles. The second kappa shape index (κ2) is 17.6. The number of likely N-dealkylation sites (N-methyl/N-ethyl adjacent to an activating group) is 1. The predicted molar refractivity (Wildman–Crippen MR) is 194 cm³/mol. The van der Waals surface area contributed by atoms with E-state index in [0.717, 1.165) is 5.56 Å². The largest absolute Gasteiger partial charge is 0.480 e. The first-order valence-corrected chi connectivity index (χ1v) is 17.9. The molecular weight excluding hydrogens is 682 g/mol. The summed E-state index contributed by atoms with van der Waals surface area (Å²) in [6.45, 7) is 5.51. The Morgan fingerprint density at radius 1 is 0.981 bits per heavy atom. The number of likely N-dealkylation sites (tertiary alicyclic amines) is 1. The minimum absolute atomic E-state index is 0.0511. The van der Waals surface area contributed by atoms with Gasteiger partial charge in [-0.15, -0.1) is 5.10 Å². The molecule has 3 aliphatic rings. The summed E-state index contributed by atoms with van der Waals surface area (Å²) in [7, 11) is 1.69. The number of aliphatic carboxylic acids is 1. The van der Waals surface area contributed by atoms with E-state index in [1.54, 1.807) is 73.4 Å². The highest BCUT2D eigenvalue weighted by Gasteiger charge is 2.45. The fraction of sp³-hybridized carbons (Fsp3) is 0.486. The molecule has 284 valence electrons. The van der Waals surface area contributed by atoms with Gasteiger partial charge in [0.15, 0.2) is 0 Å². The van der Waals surface area contributed by atoms with E-state index < -0.39 is 60.1 Å². The number of hydrogen-bond acceptors (Lipinski definition) is 10. The molecule has 7 unspecified atom stereocenters. The number of carbonyl (C=O) groups is 5. The molecule has 3 aromatic rings. The molecule has 2 aromatic carbocycles. The number of fused-ring (bicyclic) bond motifs is 11. The molecule has 6 bridgehead atoms. The topological polar surface area (TPSA) is 220 Å². The number of benzene rings is 2. The van der Waals surface area contributed by atoms with Crippen molar-refractivity contribution in [3.8, 4) is 0 Å².